The minimum atomic E-state index is -2.85. The molecule has 0 unspecified atom stereocenters. The molecule has 1 amide bonds. The van der Waals surface area contributed by atoms with Crippen LogP contribution in [0.15, 0.2) is 46.5 Å². The van der Waals surface area contributed by atoms with E-state index in [1.54, 1.807) is 35.9 Å². The molecule has 0 aliphatic rings. The summed E-state index contributed by atoms with van der Waals surface area (Å²) in [6.45, 7) is -2.50. The minimum absolute atomic E-state index is 0.0904. The summed E-state index contributed by atoms with van der Waals surface area (Å²) in [7, 11) is 1.68. The molecule has 25 heavy (non-hydrogen) atoms. The van der Waals surface area contributed by atoms with Crippen LogP contribution < -0.4 is 4.74 Å². The fourth-order valence-electron chi connectivity index (χ4n) is 2.21. The Kier molecular flexibility index (Phi) is 5.40. The highest BCUT2D eigenvalue weighted by Crippen LogP contribution is 2.26. The largest absolute Gasteiger partial charge is 0.435 e. The first kappa shape index (κ1) is 17.5. The average Bonchev–Trinajstić information content (AvgIpc) is 3.26. The van der Waals surface area contributed by atoms with Gasteiger partial charge in [0.1, 0.15) is 16.5 Å². The Balaban J connectivity index is 1.64. The monoisotopic (exact) mass is 380 g/mol. The lowest BCUT2D eigenvalue weighted by atomic mass is 10.2. The third-order valence-electron chi connectivity index (χ3n) is 3.41. The summed E-state index contributed by atoms with van der Waals surface area (Å²) in [5, 5.41) is 6.50. The van der Waals surface area contributed by atoms with E-state index in [9.17, 15) is 13.6 Å². The van der Waals surface area contributed by atoms with Gasteiger partial charge in [0.05, 0.1) is 0 Å². The van der Waals surface area contributed by atoms with Crippen molar-refractivity contribution in [2.45, 2.75) is 13.2 Å². The van der Waals surface area contributed by atoms with Crippen LogP contribution in [0.3, 0.4) is 0 Å². The van der Waals surface area contributed by atoms with Gasteiger partial charge < -0.3 is 9.64 Å². The van der Waals surface area contributed by atoms with E-state index in [1.807, 2.05) is 16.8 Å². The van der Waals surface area contributed by atoms with Gasteiger partial charge in [0, 0.05) is 29.9 Å². The molecule has 0 saturated heterocycles. The maximum atomic E-state index is 12.5. The van der Waals surface area contributed by atoms with Crippen molar-refractivity contribution in [3.8, 4) is 16.3 Å². The SMILES string of the molecule is CN(Cc1ccc(OC(F)F)cc1)C(=O)c1csc(-c2ccsc2)n1. The highest BCUT2D eigenvalue weighted by atomic mass is 32.1. The molecule has 8 heteroatoms. The van der Waals surface area contributed by atoms with E-state index in [-0.39, 0.29) is 11.7 Å². The Bertz CT molecular complexity index is 833. The van der Waals surface area contributed by atoms with Crippen molar-refractivity contribution >= 4 is 28.6 Å². The quantitative estimate of drug-likeness (QED) is 0.620. The molecule has 2 aromatic heterocycles. The van der Waals surface area contributed by atoms with Crippen molar-refractivity contribution in [1.29, 1.82) is 0 Å². The van der Waals surface area contributed by atoms with Crippen LogP contribution in [-0.4, -0.2) is 29.5 Å². The molecule has 0 aliphatic carbocycles. The second-order valence-electron chi connectivity index (χ2n) is 5.23. The number of alkyl halides is 2. The topological polar surface area (TPSA) is 42.4 Å². The van der Waals surface area contributed by atoms with Crippen molar-refractivity contribution in [3.05, 3.63) is 57.7 Å². The van der Waals surface area contributed by atoms with Crippen molar-refractivity contribution in [1.82, 2.24) is 9.88 Å². The lowest BCUT2D eigenvalue weighted by molar-refractivity contribution is -0.0498. The number of rotatable bonds is 6. The van der Waals surface area contributed by atoms with Gasteiger partial charge in [-0.05, 0) is 29.1 Å². The number of aromatic nitrogens is 1. The molecule has 2 heterocycles. The first-order chi connectivity index (χ1) is 12.0. The zero-order chi connectivity index (χ0) is 17.8. The van der Waals surface area contributed by atoms with E-state index >= 15 is 0 Å². The van der Waals surface area contributed by atoms with Crippen LogP contribution in [0.4, 0.5) is 8.78 Å². The van der Waals surface area contributed by atoms with Gasteiger partial charge in [-0.25, -0.2) is 4.98 Å². The van der Waals surface area contributed by atoms with Gasteiger partial charge in [-0.2, -0.15) is 20.1 Å². The van der Waals surface area contributed by atoms with Gasteiger partial charge in [0.25, 0.3) is 5.91 Å². The molecule has 0 N–H and O–H groups in total. The van der Waals surface area contributed by atoms with Crippen LogP contribution in [0.2, 0.25) is 0 Å². The van der Waals surface area contributed by atoms with Gasteiger partial charge in [-0.3, -0.25) is 4.79 Å². The molecular weight excluding hydrogens is 366 g/mol. The zero-order valence-corrected chi connectivity index (χ0v) is 14.8. The predicted octanol–water partition coefficient (Wildman–Crippen LogP) is 4.75. The summed E-state index contributed by atoms with van der Waals surface area (Å²) < 4.78 is 28.6. The molecule has 130 valence electrons. The number of ether oxygens (including phenoxy) is 1. The van der Waals surface area contributed by atoms with Crippen LogP contribution >= 0.6 is 22.7 Å². The van der Waals surface area contributed by atoms with Crippen LogP contribution in [-0.2, 0) is 6.54 Å². The van der Waals surface area contributed by atoms with Gasteiger partial charge in [0.15, 0.2) is 0 Å². The lowest BCUT2D eigenvalue weighted by Gasteiger charge is -2.16. The lowest BCUT2D eigenvalue weighted by Crippen LogP contribution is -2.26. The van der Waals surface area contributed by atoms with E-state index in [2.05, 4.69) is 9.72 Å². The normalized spacial score (nSPS) is 10.9. The Morgan fingerprint density at radius 3 is 2.64 bits per heavy atom. The Labute approximate surface area is 151 Å². The highest BCUT2D eigenvalue weighted by molar-refractivity contribution is 7.14. The molecule has 0 radical (unpaired) electrons. The van der Waals surface area contributed by atoms with E-state index in [0.29, 0.717) is 12.2 Å². The van der Waals surface area contributed by atoms with E-state index < -0.39 is 6.61 Å². The molecule has 3 rings (SSSR count). The van der Waals surface area contributed by atoms with Gasteiger partial charge in [0.2, 0.25) is 0 Å². The Hall–Kier alpha value is -2.32. The van der Waals surface area contributed by atoms with E-state index in [4.69, 9.17) is 0 Å². The molecule has 3 aromatic rings. The van der Waals surface area contributed by atoms with E-state index in [1.165, 1.54) is 28.4 Å². The standard InChI is InChI=1S/C17H14F2N2O2S2/c1-21(8-11-2-4-13(5-3-11)23-17(18)19)16(22)14-10-25-15(20-14)12-6-7-24-9-12/h2-7,9-10,17H,8H2,1H3. The number of amides is 1. The smallest absolute Gasteiger partial charge is 0.387 e. The number of benzene rings is 1. The third kappa shape index (κ3) is 4.40. The van der Waals surface area contributed by atoms with Crippen molar-refractivity contribution < 1.29 is 18.3 Å². The molecule has 0 atom stereocenters. The maximum Gasteiger partial charge on any atom is 0.387 e. The number of carbonyl (C=O) groups excluding carboxylic acids is 1. The molecule has 0 spiro atoms. The summed E-state index contributed by atoms with van der Waals surface area (Å²) in [5.74, 6) is -0.0988. The molecule has 1 aromatic carbocycles. The van der Waals surface area contributed by atoms with Gasteiger partial charge >= 0.3 is 6.61 Å². The molecule has 0 fully saturated rings. The molecular formula is C17H14F2N2O2S2. The van der Waals surface area contributed by atoms with E-state index in [0.717, 1.165) is 16.1 Å². The summed E-state index contributed by atoms with van der Waals surface area (Å²) in [5.41, 5.74) is 2.21. The highest BCUT2D eigenvalue weighted by Gasteiger charge is 2.16. The second-order valence-corrected chi connectivity index (χ2v) is 6.87. The second kappa shape index (κ2) is 7.71. The van der Waals surface area contributed by atoms with Gasteiger partial charge in [-0.1, -0.05) is 12.1 Å². The molecule has 0 aliphatic heterocycles. The fourth-order valence-corrected chi connectivity index (χ4v) is 3.71. The summed E-state index contributed by atoms with van der Waals surface area (Å²) >= 11 is 3.01. The van der Waals surface area contributed by atoms with Crippen LogP contribution in [0.25, 0.3) is 10.6 Å². The first-order valence-corrected chi connectivity index (χ1v) is 9.12. The number of halogens is 2. The number of carbonyl (C=O) groups is 1. The predicted molar refractivity (Wildman–Crippen MR) is 94.3 cm³/mol. The van der Waals surface area contributed by atoms with Crippen molar-refractivity contribution in [3.63, 3.8) is 0 Å². The number of hydrogen-bond donors (Lipinski definition) is 0. The number of nitrogens with zero attached hydrogens (tertiary/aromatic N) is 2. The van der Waals surface area contributed by atoms with Crippen LogP contribution in [0.1, 0.15) is 16.1 Å². The average molecular weight is 380 g/mol. The van der Waals surface area contributed by atoms with Gasteiger partial charge in [-0.15, -0.1) is 11.3 Å². The fraction of sp³-hybridized carbons (Fsp3) is 0.176. The summed E-state index contributed by atoms with van der Waals surface area (Å²) in [4.78, 5) is 18.4. The zero-order valence-electron chi connectivity index (χ0n) is 13.2. The van der Waals surface area contributed by atoms with Crippen LogP contribution in [0, 0.1) is 0 Å². The third-order valence-corrected chi connectivity index (χ3v) is 4.98. The van der Waals surface area contributed by atoms with Crippen LogP contribution in [0.5, 0.6) is 5.75 Å². The number of thiophene rings is 1. The minimum Gasteiger partial charge on any atom is -0.435 e. The molecule has 0 bridgehead atoms. The molecule has 4 nitrogen and oxygen atoms in total. The Morgan fingerprint density at radius 2 is 2.00 bits per heavy atom. The number of hydrogen-bond acceptors (Lipinski definition) is 5. The van der Waals surface area contributed by atoms with Crippen molar-refractivity contribution in [2.75, 3.05) is 7.05 Å². The number of thiazole rings is 1. The summed E-state index contributed by atoms with van der Waals surface area (Å²) in [6, 6.07) is 8.18. The Morgan fingerprint density at radius 1 is 1.24 bits per heavy atom. The maximum absolute atomic E-state index is 12.5. The molecule has 0 saturated carbocycles. The first-order valence-electron chi connectivity index (χ1n) is 7.30. The van der Waals surface area contributed by atoms with Crippen molar-refractivity contribution in [2.24, 2.45) is 0 Å². The summed E-state index contributed by atoms with van der Waals surface area (Å²) in [6.07, 6.45) is 0.